The van der Waals surface area contributed by atoms with E-state index in [1.807, 2.05) is 30.5 Å². The van der Waals surface area contributed by atoms with Crippen LogP contribution in [-0.2, 0) is 9.47 Å². The van der Waals surface area contributed by atoms with Crippen LogP contribution in [-0.4, -0.2) is 134 Å². The van der Waals surface area contributed by atoms with Crippen molar-refractivity contribution >= 4 is 23.7 Å². The third-order valence-electron chi connectivity index (χ3n) is 7.45. The maximum atomic E-state index is 5.52. The zero-order chi connectivity index (χ0) is 29.9. The van der Waals surface area contributed by atoms with E-state index in [1.54, 1.807) is 30.7 Å². The van der Waals surface area contributed by atoms with Crippen molar-refractivity contribution in [2.24, 2.45) is 0 Å². The lowest BCUT2D eigenvalue weighted by atomic mass is 10.1. The van der Waals surface area contributed by atoms with Crippen molar-refractivity contribution in [2.75, 3.05) is 110 Å². The molecule has 0 atom stereocenters. The second kappa shape index (κ2) is 16.1. The minimum atomic E-state index is 0.456. The summed E-state index contributed by atoms with van der Waals surface area (Å²) in [5.41, 5.74) is 1.69. The van der Waals surface area contributed by atoms with Crippen LogP contribution in [0.3, 0.4) is 0 Å². The fourth-order valence-corrected chi connectivity index (χ4v) is 5.59. The average Bonchev–Trinajstić information content (AvgIpc) is 3.50. The molecule has 5 rings (SSSR count). The number of hydrogen-bond donors (Lipinski definition) is 2. The number of aromatic nitrogens is 5. The summed E-state index contributed by atoms with van der Waals surface area (Å²) in [5.74, 6) is 2.82. The van der Waals surface area contributed by atoms with Crippen molar-refractivity contribution in [3.63, 3.8) is 0 Å². The van der Waals surface area contributed by atoms with Crippen LogP contribution in [0.15, 0.2) is 29.3 Å². The van der Waals surface area contributed by atoms with E-state index in [1.165, 1.54) is 0 Å². The van der Waals surface area contributed by atoms with E-state index >= 15 is 0 Å². The Morgan fingerprint density at radius 1 is 0.791 bits per heavy atom. The van der Waals surface area contributed by atoms with Crippen LogP contribution in [0.4, 0.5) is 11.9 Å². The zero-order valence-electron chi connectivity index (χ0n) is 25.4. The summed E-state index contributed by atoms with van der Waals surface area (Å²) in [6.07, 6.45) is 3.97. The average molecular weight is 614 g/mol. The van der Waals surface area contributed by atoms with Crippen LogP contribution in [0.25, 0.3) is 17.2 Å². The lowest BCUT2D eigenvalue weighted by Crippen LogP contribution is -2.37. The van der Waals surface area contributed by atoms with Crippen LogP contribution < -0.4 is 20.1 Å². The number of benzene rings is 1. The monoisotopic (exact) mass is 613 g/mol. The highest BCUT2D eigenvalue weighted by Gasteiger charge is 2.18. The lowest BCUT2D eigenvalue weighted by molar-refractivity contribution is 0.0378. The Bertz CT molecular complexity index is 1250. The van der Waals surface area contributed by atoms with Gasteiger partial charge in [0, 0.05) is 44.8 Å². The van der Waals surface area contributed by atoms with Crippen molar-refractivity contribution in [3.8, 4) is 28.7 Å². The molecule has 2 saturated heterocycles. The Labute approximate surface area is 257 Å². The number of nitrogens with one attached hydrogen (secondary N) is 2. The van der Waals surface area contributed by atoms with Gasteiger partial charge in [-0.25, -0.2) is 0 Å². The Morgan fingerprint density at radius 2 is 1.37 bits per heavy atom. The molecule has 234 valence electrons. The minimum Gasteiger partial charge on any atom is -0.493 e. The number of hydrogen-bond acceptors (Lipinski definition) is 13. The zero-order valence-corrected chi connectivity index (χ0v) is 26.2. The van der Waals surface area contributed by atoms with Gasteiger partial charge in [-0.2, -0.15) is 24.7 Å². The van der Waals surface area contributed by atoms with Gasteiger partial charge >= 0.3 is 0 Å². The first-order valence-corrected chi connectivity index (χ1v) is 16.1. The molecule has 0 spiro atoms. The molecule has 43 heavy (non-hydrogen) atoms. The Hall–Kier alpha value is -3.17. The van der Waals surface area contributed by atoms with E-state index in [-0.39, 0.29) is 0 Å². The molecule has 2 aromatic heterocycles. The number of nitrogens with zero attached hydrogens (tertiary/aromatic N) is 7. The second-order valence-corrected chi connectivity index (χ2v) is 11.1. The third kappa shape index (κ3) is 8.70. The Balaban J connectivity index is 1.33. The standard InChI is InChI=1S/C29H43N9O4S/c1-39-24-7-6-22(20-25(24)40-2)23-21-26(43-3)38(35-23)29-33-27(30-8-4-10-36-12-16-41-17-13-36)32-28(34-29)31-9-5-11-37-14-18-42-19-15-37/h6-7,20-21H,4-5,8-19H2,1-3H3,(H2,30,31,32,33,34). The Morgan fingerprint density at radius 3 is 1.91 bits per heavy atom. The van der Waals surface area contributed by atoms with Gasteiger partial charge < -0.3 is 29.6 Å². The highest BCUT2D eigenvalue weighted by atomic mass is 32.2. The summed E-state index contributed by atoms with van der Waals surface area (Å²) in [5, 5.41) is 12.7. The molecule has 2 aliphatic rings. The molecule has 4 heterocycles. The molecule has 0 aliphatic carbocycles. The van der Waals surface area contributed by atoms with Crippen molar-refractivity contribution in [2.45, 2.75) is 17.9 Å². The third-order valence-corrected chi connectivity index (χ3v) is 8.16. The lowest BCUT2D eigenvalue weighted by Gasteiger charge is -2.26. The minimum absolute atomic E-state index is 0.456. The van der Waals surface area contributed by atoms with Crippen LogP contribution in [0.5, 0.6) is 11.5 Å². The molecule has 0 saturated carbocycles. The van der Waals surface area contributed by atoms with Gasteiger partial charge in [0.2, 0.25) is 11.9 Å². The Kier molecular flexibility index (Phi) is 11.7. The molecule has 2 fully saturated rings. The maximum absolute atomic E-state index is 5.52. The van der Waals surface area contributed by atoms with E-state index in [9.17, 15) is 0 Å². The summed E-state index contributed by atoms with van der Waals surface area (Å²) >= 11 is 1.58. The highest BCUT2D eigenvalue weighted by molar-refractivity contribution is 7.98. The number of methoxy groups -OCH3 is 2. The molecular weight excluding hydrogens is 570 g/mol. The molecule has 3 aromatic rings. The molecule has 2 aliphatic heterocycles. The fourth-order valence-electron chi connectivity index (χ4n) is 5.06. The molecule has 2 N–H and O–H groups in total. The van der Waals surface area contributed by atoms with E-state index in [0.717, 1.165) is 108 Å². The number of thioether (sulfide) groups is 1. The summed E-state index contributed by atoms with van der Waals surface area (Å²) in [6, 6.07) is 7.80. The van der Waals surface area contributed by atoms with E-state index < -0.39 is 0 Å². The predicted molar refractivity (Wildman–Crippen MR) is 168 cm³/mol. The molecule has 13 nitrogen and oxygen atoms in total. The van der Waals surface area contributed by atoms with Crippen LogP contribution in [0.2, 0.25) is 0 Å². The first kappa shape index (κ1) is 31.3. The fraction of sp³-hybridized carbons (Fsp3) is 0.586. The van der Waals surface area contributed by atoms with Gasteiger partial charge in [0.15, 0.2) is 11.5 Å². The van der Waals surface area contributed by atoms with E-state index in [4.69, 9.17) is 39.0 Å². The molecule has 0 unspecified atom stereocenters. The predicted octanol–water partition coefficient (Wildman–Crippen LogP) is 2.73. The molecule has 0 radical (unpaired) electrons. The van der Waals surface area contributed by atoms with Crippen LogP contribution in [0.1, 0.15) is 12.8 Å². The van der Waals surface area contributed by atoms with Gasteiger partial charge in [0.05, 0.1) is 46.3 Å². The molecule has 14 heteroatoms. The second-order valence-electron chi connectivity index (χ2n) is 10.3. The van der Waals surface area contributed by atoms with Gasteiger partial charge in [-0.15, -0.1) is 11.8 Å². The van der Waals surface area contributed by atoms with Crippen LogP contribution >= 0.6 is 11.8 Å². The first-order valence-electron chi connectivity index (χ1n) is 14.9. The number of ether oxygens (including phenoxy) is 4. The molecule has 0 bridgehead atoms. The van der Waals surface area contributed by atoms with Crippen molar-refractivity contribution in [1.82, 2.24) is 34.5 Å². The highest BCUT2D eigenvalue weighted by Crippen LogP contribution is 2.33. The summed E-state index contributed by atoms with van der Waals surface area (Å²) < 4.78 is 23.6. The normalized spacial score (nSPS) is 16.3. The van der Waals surface area contributed by atoms with Gasteiger partial charge in [0.1, 0.15) is 5.03 Å². The smallest absolute Gasteiger partial charge is 0.258 e. The largest absolute Gasteiger partial charge is 0.493 e. The van der Waals surface area contributed by atoms with Crippen LogP contribution in [0, 0.1) is 0 Å². The quantitative estimate of drug-likeness (QED) is 0.193. The molecule has 1 aromatic carbocycles. The van der Waals surface area contributed by atoms with Gasteiger partial charge in [0.25, 0.3) is 5.95 Å². The van der Waals surface area contributed by atoms with E-state index in [0.29, 0.717) is 29.3 Å². The van der Waals surface area contributed by atoms with Crippen molar-refractivity contribution in [1.29, 1.82) is 0 Å². The maximum Gasteiger partial charge on any atom is 0.258 e. The van der Waals surface area contributed by atoms with Gasteiger partial charge in [-0.1, -0.05) is 0 Å². The number of morpholine rings is 2. The summed E-state index contributed by atoms with van der Waals surface area (Å²) in [4.78, 5) is 19.1. The van der Waals surface area contributed by atoms with Crippen molar-refractivity contribution in [3.05, 3.63) is 24.3 Å². The molecule has 0 amide bonds. The number of anilines is 2. The van der Waals surface area contributed by atoms with E-state index in [2.05, 4.69) is 20.4 Å². The van der Waals surface area contributed by atoms with Gasteiger partial charge in [-0.05, 0) is 56.5 Å². The number of rotatable bonds is 15. The topological polar surface area (TPSA) is 124 Å². The van der Waals surface area contributed by atoms with Gasteiger partial charge in [-0.3, -0.25) is 9.80 Å². The first-order chi connectivity index (χ1) is 21.2. The summed E-state index contributed by atoms with van der Waals surface area (Å²) in [6.45, 7) is 10.6. The molecular formula is C29H43N9O4S. The SMILES string of the molecule is COc1ccc(-c2cc(SC)n(-c3nc(NCCCN4CCOCC4)nc(NCCCN4CCOCC4)n3)n2)cc1OC. The summed E-state index contributed by atoms with van der Waals surface area (Å²) in [7, 11) is 3.25. The van der Waals surface area contributed by atoms with Crippen molar-refractivity contribution < 1.29 is 18.9 Å².